The molecule has 1 amide bonds. The Morgan fingerprint density at radius 3 is 2.65 bits per heavy atom. The number of imidazole rings is 1. The minimum atomic E-state index is -2.64. The summed E-state index contributed by atoms with van der Waals surface area (Å²) in [6.45, 7) is 1.24. The van der Waals surface area contributed by atoms with Crippen LogP contribution in [-0.2, 0) is 6.54 Å². The van der Waals surface area contributed by atoms with E-state index in [1.165, 1.54) is 12.1 Å². The third-order valence-corrected chi connectivity index (χ3v) is 4.43. The number of halogens is 3. The van der Waals surface area contributed by atoms with Crippen molar-refractivity contribution in [3.8, 4) is 0 Å². The maximum atomic E-state index is 13.8. The first kappa shape index (κ1) is 14.3. The number of nitrogens with zero attached hydrogens (tertiary/aromatic N) is 3. The summed E-state index contributed by atoms with van der Waals surface area (Å²) in [5.41, 5.74) is 1.18. The number of rotatable bonds is 1. The van der Waals surface area contributed by atoms with Gasteiger partial charge in [0, 0.05) is 45.1 Å². The van der Waals surface area contributed by atoms with Gasteiger partial charge in [-0.15, -0.1) is 0 Å². The number of alkyl halides is 2. The van der Waals surface area contributed by atoms with Crippen LogP contribution in [0.1, 0.15) is 23.2 Å². The second kappa shape index (κ2) is 4.87. The lowest BCUT2D eigenvalue weighted by Gasteiger charge is -2.32. The number of hydrogen-bond donors (Lipinski definition) is 1. The number of aromatic nitrogens is 2. The lowest BCUT2D eigenvalue weighted by molar-refractivity contribution is -0.0223. The lowest BCUT2D eigenvalue weighted by atomic mass is 10.1. The van der Waals surface area contributed by atoms with Crippen LogP contribution in [-0.4, -0.2) is 41.0 Å². The average molecular weight is 324 g/mol. The fourth-order valence-corrected chi connectivity index (χ4v) is 3.26. The van der Waals surface area contributed by atoms with E-state index in [9.17, 15) is 18.0 Å². The van der Waals surface area contributed by atoms with Gasteiger partial charge in [0.2, 0.25) is 5.95 Å². The maximum Gasteiger partial charge on any atom is 0.253 e. The van der Waals surface area contributed by atoms with E-state index < -0.39 is 11.7 Å². The SMILES string of the molecule is O=C1NCCn2c(N3CCC(F)(F)CC3)nc3cc(F)cc1c32. The van der Waals surface area contributed by atoms with Crippen LogP contribution in [0.15, 0.2) is 12.1 Å². The molecule has 0 saturated carbocycles. The highest BCUT2D eigenvalue weighted by Gasteiger charge is 2.36. The molecule has 0 aliphatic carbocycles. The Bertz CT molecular complexity index is 792. The minimum Gasteiger partial charge on any atom is -0.350 e. The molecule has 0 radical (unpaired) electrons. The minimum absolute atomic E-state index is 0.190. The van der Waals surface area contributed by atoms with Crippen molar-refractivity contribution in [3.63, 3.8) is 0 Å². The van der Waals surface area contributed by atoms with Crippen LogP contribution in [0, 0.1) is 5.82 Å². The Labute approximate surface area is 130 Å². The number of nitrogens with one attached hydrogen (secondary N) is 1. The first-order valence-electron chi connectivity index (χ1n) is 7.55. The molecule has 0 spiro atoms. The second-order valence-electron chi connectivity index (χ2n) is 5.98. The van der Waals surface area contributed by atoms with Crippen molar-refractivity contribution in [2.75, 3.05) is 24.5 Å². The molecule has 2 aromatic rings. The zero-order valence-electron chi connectivity index (χ0n) is 12.3. The molecule has 2 aliphatic rings. The quantitative estimate of drug-likeness (QED) is 0.874. The van der Waals surface area contributed by atoms with Crippen LogP contribution in [0.25, 0.3) is 11.0 Å². The van der Waals surface area contributed by atoms with Gasteiger partial charge >= 0.3 is 0 Å². The summed E-state index contributed by atoms with van der Waals surface area (Å²) >= 11 is 0. The van der Waals surface area contributed by atoms with Gasteiger partial charge in [-0.2, -0.15) is 0 Å². The zero-order valence-corrected chi connectivity index (χ0v) is 12.3. The molecular formula is C15H15F3N4O. The maximum absolute atomic E-state index is 13.8. The molecule has 8 heteroatoms. The third-order valence-electron chi connectivity index (χ3n) is 4.43. The van der Waals surface area contributed by atoms with Crippen molar-refractivity contribution in [2.45, 2.75) is 25.3 Å². The second-order valence-corrected chi connectivity index (χ2v) is 5.98. The summed E-state index contributed by atoms with van der Waals surface area (Å²) in [5.74, 6) is -2.99. The van der Waals surface area contributed by atoms with E-state index in [2.05, 4.69) is 10.3 Å². The zero-order chi connectivity index (χ0) is 16.2. The van der Waals surface area contributed by atoms with Crippen LogP contribution in [0.5, 0.6) is 0 Å². The Kier molecular flexibility index (Phi) is 3.04. The molecular weight excluding hydrogens is 309 g/mol. The van der Waals surface area contributed by atoms with E-state index in [1.54, 1.807) is 4.90 Å². The van der Waals surface area contributed by atoms with E-state index in [0.29, 0.717) is 30.1 Å². The largest absolute Gasteiger partial charge is 0.350 e. The summed E-state index contributed by atoms with van der Waals surface area (Å²) in [6.07, 6.45) is -0.455. The van der Waals surface area contributed by atoms with Crippen molar-refractivity contribution >= 4 is 22.9 Å². The Hall–Kier alpha value is -2.25. The standard InChI is InChI=1S/C15H15F3N4O/c16-9-7-10-12-11(8-9)20-14(22(12)6-3-19-13(10)23)21-4-1-15(17,18)2-5-21/h7-8H,1-6H2,(H,19,23). The van der Waals surface area contributed by atoms with Crippen molar-refractivity contribution in [1.82, 2.24) is 14.9 Å². The van der Waals surface area contributed by atoms with Gasteiger partial charge < -0.3 is 14.8 Å². The molecule has 1 saturated heterocycles. The summed E-state index contributed by atoms with van der Waals surface area (Å²) < 4.78 is 42.3. The van der Waals surface area contributed by atoms with Gasteiger partial charge in [-0.25, -0.2) is 18.2 Å². The molecule has 23 heavy (non-hydrogen) atoms. The van der Waals surface area contributed by atoms with Crippen molar-refractivity contribution in [3.05, 3.63) is 23.5 Å². The molecule has 1 fully saturated rings. The number of carbonyl (C=O) groups is 1. The number of amides is 1. The summed E-state index contributed by atoms with van der Waals surface area (Å²) in [5, 5.41) is 2.72. The van der Waals surface area contributed by atoms with Crippen LogP contribution >= 0.6 is 0 Å². The fraction of sp³-hybridized carbons (Fsp3) is 0.467. The lowest BCUT2D eigenvalue weighted by Crippen LogP contribution is -2.40. The van der Waals surface area contributed by atoms with Crippen molar-refractivity contribution in [1.29, 1.82) is 0 Å². The Morgan fingerprint density at radius 2 is 1.91 bits per heavy atom. The van der Waals surface area contributed by atoms with Gasteiger partial charge in [-0.3, -0.25) is 4.79 Å². The first-order valence-corrected chi connectivity index (χ1v) is 7.55. The van der Waals surface area contributed by atoms with E-state index in [0.717, 1.165) is 0 Å². The number of hydrogen-bond acceptors (Lipinski definition) is 3. The van der Waals surface area contributed by atoms with Gasteiger partial charge in [0.1, 0.15) is 5.82 Å². The number of benzene rings is 1. The predicted molar refractivity (Wildman–Crippen MR) is 78.4 cm³/mol. The van der Waals surface area contributed by atoms with Crippen LogP contribution in [0.3, 0.4) is 0 Å². The van der Waals surface area contributed by atoms with Gasteiger partial charge in [-0.05, 0) is 6.07 Å². The van der Waals surface area contributed by atoms with Crippen LogP contribution in [0.4, 0.5) is 19.1 Å². The third kappa shape index (κ3) is 2.32. The van der Waals surface area contributed by atoms with E-state index in [1.807, 2.05) is 4.57 Å². The molecule has 0 bridgehead atoms. The van der Waals surface area contributed by atoms with Crippen LogP contribution in [0.2, 0.25) is 0 Å². The molecule has 1 aromatic heterocycles. The molecule has 1 N–H and O–H groups in total. The summed E-state index contributed by atoms with van der Waals surface area (Å²) in [7, 11) is 0. The van der Waals surface area contributed by atoms with E-state index in [4.69, 9.17) is 0 Å². The first-order chi connectivity index (χ1) is 10.9. The van der Waals surface area contributed by atoms with Gasteiger partial charge in [0.15, 0.2) is 0 Å². The molecule has 5 nitrogen and oxygen atoms in total. The summed E-state index contributed by atoms with van der Waals surface area (Å²) in [4.78, 5) is 18.3. The summed E-state index contributed by atoms with van der Waals surface area (Å²) in [6, 6.07) is 2.46. The van der Waals surface area contributed by atoms with E-state index in [-0.39, 0.29) is 37.4 Å². The number of piperidine rings is 1. The van der Waals surface area contributed by atoms with Crippen molar-refractivity contribution in [2.24, 2.45) is 0 Å². The molecule has 122 valence electrons. The van der Waals surface area contributed by atoms with Gasteiger partial charge in [-0.1, -0.05) is 0 Å². The average Bonchev–Trinajstić information content (AvgIpc) is 2.75. The Morgan fingerprint density at radius 1 is 1.17 bits per heavy atom. The Balaban J connectivity index is 1.84. The van der Waals surface area contributed by atoms with Gasteiger partial charge in [0.05, 0.1) is 16.6 Å². The molecule has 4 rings (SSSR count). The van der Waals surface area contributed by atoms with E-state index >= 15 is 0 Å². The fourth-order valence-electron chi connectivity index (χ4n) is 3.26. The highest BCUT2D eigenvalue weighted by molar-refractivity contribution is 6.06. The topological polar surface area (TPSA) is 50.2 Å². The smallest absolute Gasteiger partial charge is 0.253 e. The highest BCUT2D eigenvalue weighted by Crippen LogP contribution is 2.33. The molecule has 0 atom stereocenters. The number of carbonyl (C=O) groups excluding carboxylic acids is 1. The molecule has 2 aliphatic heterocycles. The molecule has 3 heterocycles. The monoisotopic (exact) mass is 324 g/mol. The highest BCUT2D eigenvalue weighted by atomic mass is 19.3. The van der Waals surface area contributed by atoms with Gasteiger partial charge in [0.25, 0.3) is 11.8 Å². The van der Waals surface area contributed by atoms with Crippen LogP contribution < -0.4 is 10.2 Å². The molecule has 1 aromatic carbocycles. The number of anilines is 1. The predicted octanol–water partition coefficient (Wildman–Crippen LogP) is 2.15. The normalized spacial score (nSPS) is 20.5. The van der Waals surface area contributed by atoms with Crippen molar-refractivity contribution < 1.29 is 18.0 Å². The molecule has 0 unspecified atom stereocenters.